The first-order chi connectivity index (χ1) is 12.3. The summed E-state index contributed by atoms with van der Waals surface area (Å²) >= 11 is 5.56. The molecule has 0 bridgehead atoms. The Labute approximate surface area is 162 Å². The third-order valence-electron chi connectivity index (χ3n) is 3.62. The number of benzene rings is 1. The number of nitrogens with one attached hydrogen (secondary N) is 1. The molecule has 0 saturated carbocycles. The first kappa shape index (κ1) is 20.7. The Bertz CT molecular complexity index is 895. The van der Waals surface area contributed by atoms with Crippen LogP contribution in [0, 0.1) is 15.5 Å². The van der Waals surface area contributed by atoms with Crippen molar-refractivity contribution in [1.82, 2.24) is 20.3 Å². The quantitative estimate of drug-likeness (QED) is 0.483. The van der Waals surface area contributed by atoms with E-state index >= 15 is 0 Å². The lowest BCUT2D eigenvalue weighted by molar-refractivity contribution is -0.384. The van der Waals surface area contributed by atoms with E-state index in [1.54, 1.807) is 20.8 Å². The predicted molar refractivity (Wildman–Crippen MR) is 105 cm³/mol. The third-order valence-corrected chi connectivity index (χ3v) is 4.03. The van der Waals surface area contributed by atoms with Crippen molar-refractivity contribution < 1.29 is 14.5 Å². The van der Waals surface area contributed by atoms with E-state index in [0.29, 0.717) is 11.0 Å². The van der Waals surface area contributed by atoms with E-state index in [4.69, 9.17) is 17.0 Å². The highest BCUT2D eigenvalue weighted by molar-refractivity contribution is 7.80. The minimum Gasteiger partial charge on any atom is -0.444 e. The van der Waals surface area contributed by atoms with Gasteiger partial charge in [-0.05, 0) is 32.3 Å². The van der Waals surface area contributed by atoms with Crippen molar-refractivity contribution in [3.05, 3.63) is 28.3 Å². The van der Waals surface area contributed by atoms with Crippen molar-refractivity contribution in [3.8, 4) is 0 Å². The fourth-order valence-electron chi connectivity index (χ4n) is 2.38. The van der Waals surface area contributed by atoms with Crippen molar-refractivity contribution >= 4 is 40.0 Å². The van der Waals surface area contributed by atoms with Crippen LogP contribution in [0.2, 0.25) is 0 Å². The third kappa shape index (κ3) is 4.97. The smallest absolute Gasteiger partial charge is 0.408 e. The predicted octanol–water partition coefficient (Wildman–Crippen LogP) is 3.45. The molecule has 9 nitrogen and oxygen atoms in total. The molecule has 0 aliphatic carbocycles. The summed E-state index contributed by atoms with van der Waals surface area (Å²) in [5.74, 6) is 0. The summed E-state index contributed by atoms with van der Waals surface area (Å²) < 4.78 is 6.66. The van der Waals surface area contributed by atoms with E-state index in [9.17, 15) is 14.9 Å². The van der Waals surface area contributed by atoms with Crippen molar-refractivity contribution in [2.45, 2.75) is 53.2 Å². The van der Waals surface area contributed by atoms with Gasteiger partial charge in [0, 0.05) is 12.1 Å². The topological polar surface area (TPSA) is 112 Å². The lowest BCUT2D eigenvalue weighted by Gasteiger charge is -2.32. The molecule has 1 aromatic carbocycles. The monoisotopic (exact) mass is 393 g/mol. The second kappa shape index (κ2) is 7.18. The molecule has 1 atom stereocenters. The molecule has 146 valence electrons. The summed E-state index contributed by atoms with van der Waals surface area (Å²) in [5.41, 5.74) is -0.356. The van der Waals surface area contributed by atoms with E-state index in [-0.39, 0.29) is 10.7 Å². The average Bonchev–Trinajstić information content (AvgIpc) is 2.92. The number of aromatic nitrogens is 3. The van der Waals surface area contributed by atoms with Gasteiger partial charge in [-0.3, -0.25) is 10.1 Å². The molecule has 0 radical (unpaired) electrons. The van der Waals surface area contributed by atoms with Crippen molar-refractivity contribution in [3.63, 3.8) is 0 Å². The first-order valence-electron chi connectivity index (χ1n) is 8.33. The molecule has 1 N–H and O–H groups in total. The fraction of sp³-hybridized carbons (Fsp3) is 0.529. The number of hydrogen-bond donors (Lipinski definition) is 1. The van der Waals surface area contributed by atoms with Crippen LogP contribution in [0.1, 0.15) is 41.5 Å². The zero-order chi connectivity index (χ0) is 20.6. The molecule has 0 aliphatic heterocycles. The maximum atomic E-state index is 12.3. The van der Waals surface area contributed by atoms with Crippen LogP contribution in [0.5, 0.6) is 0 Å². The molecule has 1 heterocycles. The molecular weight excluding hydrogens is 370 g/mol. The van der Waals surface area contributed by atoms with Crippen LogP contribution in [-0.4, -0.2) is 42.6 Å². The maximum absolute atomic E-state index is 12.3. The number of alkyl carbamates (subject to hydrolysis) is 1. The average molecular weight is 393 g/mol. The molecule has 0 fully saturated rings. The summed E-state index contributed by atoms with van der Waals surface area (Å²) in [5, 5.41) is 21.9. The summed E-state index contributed by atoms with van der Waals surface area (Å²) in [6, 6.07) is 3.60. The molecule has 0 unspecified atom stereocenters. The van der Waals surface area contributed by atoms with Gasteiger partial charge in [-0.1, -0.05) is 38.2 Å². The Morgan fingerprint density at radius 1 is 1.30 bits per heavy atom. The highest BCUT2D eigenvalue weighted by Crippen LogP contribution is 2.25. The number of non-ortho nitro benzene ring substituents is 1. The molecule has 0 aliphatic rings. The normalized spacial score (nSPS) is 13.3. The number of ether oxygens (including phenoxy) is 1. The highest BCUT2D eigenvalue weighted by atomic mass is 32.1. The summed E-state index contributed by atoms with van der Waals surface area (Å²) in [4.78, 5) is 23.1. The number of thiocarbonyl (C=S) groups is 1. The van der Waals surface area contributed by atoms with Gasteiger partial charge >= 0.3 is 6.09 Å². The first-order valence-corrected chi connectivity index (χ1v) is 8.74. The van der Waals surface area contributed by atoms with Gasteiger partial charge < -0.3 is 10.1 Å². The number of fused-ring (bicyclic) bond motifs is 1. The Morgan fingerprint density at radius 3 is 2.44 bits per heavy atom. The maximum Gasteiger partial charge on any atom is 0.408 e. The van der Waals surface area contributed by atoms with E-state index < -0.39 is 28.1 Å². The number of nitro benzene ring substituents is 1. The van der Waals surface area contributed by atoms with E-state index in [0.717, 1.165) is 0 Å². The van der Waals surface area contributed by atoms with E-state index in [1.165, 1.54) is 22.9 Å². The molecule has 1 amide bonds. The number of amides is 1. The van der Waals surface area contributed by atoms with Crippen molar-refractivity contribution in [1.29, 1.82) is 0 Å². The van der Waals surface area contributed by atoms with Crippen LogP contribution in [-0.2, 0) is 4.74 Å². The molecule has 0 spiro atoms. The standard InChI is InChI=1S/C17H23N5O4S/c1-16(2,3)13(18-15(23)26-17(4,5)6)14(27)21-12-9-10(22(24)25)7-8-11(12)19-20-21/h7-9,13H,1-6H3,(H,18,23)/t13-/m1/s1. The highest BCUT2D eigenvalue weighted by Gasteiger charge is 2.34. The number of hydrogen-bond acceptors (Lipinski definition) is 7. The van der Waals surface area contributed by atoms with Crippen LogP contribution in [0.25, 0.3) is 11.0 Å². The van der Waals surface area contributed by atoms with Crippen LogP contribution < -0.4 is 5.32 Å². The second-order valence-corrected chi connectivity index (χ2v) is 8.63. The zero-order valence-corrected chi connectivity index (χ0v) is 17.0. The van der Waals surface area contributed by atoms with Crippen molar-refractivity contribution in [2.75, 3.05) is 0 Å². The lowest BCUT2D eigenvalue weighted by Crippen LogP contribution is -2.51. The number of carbonyl (C=O) groups is 1. The molecule has 2 rings (SSSR count). The molecular formula is C17H23N5O4S. The Morgan fingerprint density at radius 2 is 1.93 bits per heavy atom. The second-order valence-electron chi connectivity index (χ2n) is 8.21. The van der Waals surface area contributed by atoms with Gasteiger partial charge in [-0.25, -0.2) is 9.48 Å². The molecule has 2 aromatic rings. The van der Waals surface area contributed by atoms with Crippen LogP contribution in [0.4, 0.5) is 10.5 Å². The number of rotatable bonds is 3. The van der Waals surface area contributed by atoms with Gasteiger partial charge in [0.05, 0.1) is 11.0 Å². The Balaban J connectivity index is 2.41. The molecule has 10 heteroatoms. The van der Waals surface area contributed by atoms with Gasteiger partial charge in [0.2, 0.25) is 0 Å². The molecule has 1 aromatic heterocycles. The summed E-state index contributed by atoms with van der Waals surface area (Å²) in [6.45, 7) is 11.0. The lowest BCUT2D eigenvalue weighted by atomic mass is 9.86. The van der Waals surface area contributed by atoms with Crippen LogP contribution >= 0.6 is 12.2 Å². The zero-order valence-electron chi connectivity index (χ0n) is 16.1. The number of nitrogens with zero attached hydrogens (tertiary/aromatic N) is 4. The Kier molecular flexibility index (Phi) is 5.50. The van der Waals surface area contributed by atoms with Crippen LogP contribution in [0.3, 0.4) is 0 Å². The van der Waals surface area contributed by atoms with Gasteiger partial charge in [0.1, 0.15) is 21.6 Å². The molecule has 27 heavy (non-hydrogen) atoms. The SMILES string of the molecule is CC(C)(C)OC(=O)N[C@H](C(=S)n1nnc2ccc([N+](=O)[O-])cc21)C(C)(C)C. The Hall–Kier alpha value is -2.62. The van der Waals surface area contributed by atoms with E-state index in [1.807, 2.05) is 20.8 Å². The van der Waals surface area contributed by atoms with Gasteiger partial charge in [-0.15, -0.1) is 5.10 Å². The summed E-state index contributed by atoms with van der Waals surface area (Å²) in [6.07, 6.45) is -0.611. The summed E-state index contributed by atoms with van der Waals surface area (Å²) in [7, 11) is 0. The van der Waals surface area contributed by atoms with Crippen molar-refractivity contribution in [2.24, 2.45) is 5.41 Å². The van der Waals surface area contributed by atoms with Gasteiger partial charge in [0.25, 0.3) is 5.69 Å². The minimum atomic E-state index is -0.658. The minimum absolute atomic E-state index is 0.0961. The van der Waals surface area contributed by atoms with Gasteiger partial charge in [0.15, 0.2) is 0 Å². The largest absolute Gasteiger partial charge is 0.444 e. The van der Waals surface area contributed by atoms with E-state index in [2.05, 4.69) is 15.6 Å². The number of nitro groups is 1. The van der Waals surface area contributed by atoms with Gasteiger partial charge in [-0.2, -0.15) is 0 Å². The van der Waals surface area contributed by atoms with Crippen LogP contribution in [0.15, 0.2) is 18.2 Å². The molecule has 0 saturated heterocycles. The number of carbonyl (C=O) groups excluding carboxylic acids is 1. The fourth-order valence-corrected chi connectivity index (χ4v) is 2.93.